The maximum absolute atomic E-state index is 13.6. The molecule has 0 spiro atoms. The molecule has 0 amide bonds. The molecule has 4 heterocycles. The van der Waals surface area contributed by atoms with Crippen LogP contribution < -0.4 is 14.9 Å². The Hall–Kier alpha value is -2.26. The summed E-state index contributed by atoms with van der Waals surface area (Å²) in [6.07, 6.45) is 0.204. The highest BCUT2D eigenvalue weighted by Crippen LogP contribution is 2.53. The molecule has 1 saturated heterocycles. The van der Waals surface area contributed by atoms with E-state index < -0.39 is 32.6 Å². The molecule has 3 aromatic rings. The first-order chi connectivity index (χ1) is 17.9. The fourth-order valence-electron chi connectivity index (χ4n) is 5.28. The van der Waals surface area contributed by atoms with Crippen LogP contribution in [0.5, 0.6) is 0 Å². The Labute approximate surface area is 223 Å². The maximum Gasteiger partial charge on any atom is 0.291 e. The Bertz CT molecular complexity index is 1490. The topological polar surface area (TPSA) is 114 Å². The van der Waals surface area contributed by atoms with Gasteiger partial charge in [0.05, 0.1) is 16.0 Å². The summed E-state index contributed by atoms with van der Waals surface area (Å²) in [4.78, 5) is 2.22. The highest BCUT2D eigenvalue weighted by molar-refractivity contribution is 7.89. The largest absolute Gasteiger partial charge is 0.372 e. The molecule has 0 radical (unpaired) electrons. The summed E-state index contributed by atoms with van der Waals surface area (Å²) in [6.45, 7) is 7.32. The molecule has 2 N–H and O–H groups in total. The van der Waals surface area contributed by atoms with E-state index >= 15 is 0 Å². The van der Waals surface area contributed by atoms with Crippen LogP contribution in [0.3, 0.4) is 0 Å². The standard InChI is InChI=1S/C24H31F2N7O3S2/c1-13-11-32(12-14(2)27-13)17-10-15(38(34,35)31-23(3)5-6-23)9-16-18(21-28-29-22(37-21)20(25)26)19(30-33(16)17)24(36-4)7-8-24/h9-10,13-14,20,27,31H,5-8,11-12H2,1-4H3/t13-,14-/m0/s1. The number of methoxy groups -OCH3 is 1. The molecule has 2 atom stereocenters. The van der Waals surface area contributed by atoms with E-state index in [9.17, 15) is 17.2 Å². The van der Waals surface area contributed by atoms with Crippen LogP contribution in [0.1, 0.15) is 63.6 Å². The van der Waals surface area contributed by atoms with Crippen molar-refractivity contribution in [2.45, 2.75) is 81.0 Å². The van der Waals surface area contributed by atoms with Crippen molar-refractivity contribution >= 4 is 32.7 Å². The number of piperazine rings is 1. The summed E-state index contributed by atoms with van der Waals surface area (Å²) >= 11 is 0.788. The van der Waals surface area contributed by atoms with E-state index in [2.05, 4.69) is 39.0 Å². The Balaban J connectivity index is 1.61. The normalized spacial score (nSPS) is 24.3. The van der Waals surface area contributed by atoms with Gasteiger partial charge in [0.1, 0.15) is 17.1 Å². The van der Waals surface area contributed by atoms with Crippen LogP contribution >= 0.6 is 11.3 Å². The van der Waals surface area contributed by atoms with Crippen molar-refractivity contribution in [3.63, 3.8) is 0 Å². The minimum atomic E-state index is -3.88. The molecule has 206 valence electrons. The number of sulfonamides is 1. The van der Waals surface area contributed by atoms with Crippen LogP contribution in [-0.2, 0) is 20.4 Å². The van der Waals surface area contributed by atoms with Gasteiger partial charge in [-0.25, -0.2) is 26.4 Å². The summed E-state index contributed by atoms with van der Waals surface area (Å²) in [6, 6.07) is 3.55. The van der Waals surface area contributed by atoms with Crippen LogP contribution in [0.25, 0.3) is 16.1 Å². The number of nitrogens with zero attached hydrogens (tertiary/aromatic N) is 5. The zero-order valence-corrected chi connectivity index (χ0v) is 23.3. The molecule has 3 fully saturated rings. The van der Waals surface area contributed by atoms with E-state index in [-0.39, 0.29) is 22.0 Å². The molecule has 0 aromatic carbocycles. The third-order valence-corrected chi connectivity index (χ3v) is 10.2. The lowest BCUT2D eigenvalue weighted by Crippen LogP contribution is -2.54. The lowest BCUT2D eigenvalue weighted by atomic mass is 10.1. The molecule has 3 aliphatic rings. The van der Waals surface area contributed by atoms with Crippen molar-refractivity contribution in [2.75, 3.05) is 25.1 Å². The van der Waals surface area contributed by atoms with Crippen molar-refractivity contribution in [3.8, 4) is 10.6 Å². The van der Waals surface area contributed by atoms with Gasteiger partial charge in [0.2, 0.25) is 10.0 Å². The molecule has 2 saturated carbocycles. The molecule has 10 nitrogen and oxygen atoms in total. The number of pyridine rings is 1. The number of rotatable bonds is 8. The van der Waals surface area contributed by atoms with Crippen molar-refractivity contribution < 1.29 is 21.9 Å². The maximum atomic E-state index is 13.6. The van der Waals surface area contributed by atoms with Crippen LogP contribution in [0.2, 0.25) is 0 Å². The Morgan fingerprint density at radius 2 is 1.84 bits per heavy atom. The number of anilines is 1. The summed E-state index contributed by atoms with van der Waals surface area (Å²) in [5.74, 6) is 0.613. The highest BCUT2D eigenvalue weighted by atomic mass is 32.2. The molecule has 3 aromatic heterocycles. The lowest BCUT2D eigenvalue weighted by Gasteiger charge is -2.37. The van der Waals surface area contributed by atoms with Crippen molar-refractivity contribution in [1.29, 1.82) is 0 Å². The number of hydrogen-bond acceptors (Lipinski definition) is 9. The second-order valence-corrected chi connectivity index (χ2v) is 13.7. The van der Waals surface area contributed by atoms with Gasteiger partial charge in [-0.3, -0.25) is 0 Å². The number of fused-ring (bicyclic) bond motifs is 1. The molecular formula is C24H31F2N7O3S2. The lowest BCUT2D eigenvalue weighted by molar-refractivity contribution is 0.0754. The van der Waals surface area contributed by atoms with Crippen molar-refractivity contribution in [2.24, 2.45) is 0 Å². The van der Waals surface area contributed by atoms with Gasteiger partial charge in [-0.15, -0.1) is 10.2 Å². The molecule has 38 heavy (non-hydrogen) atoms. The second kappa shape index (κ2) is 8.88. The van der Waals surface area contributed by atoms with Crippen molar-refractivity contribution in [1.82, 2.24) is 29.9 Å². The summed E-state index contributed by atoms with van der Waals surface area (Å²) in [5, 5.41) is 16.1. The fraction of sp³-hybridized carbons (Fsp3) is 0.625. The first-order valence-corrected chi connectivity index (χ1v) is 15.0. The van der Waals surface area contributed by atoms with E-state index in [1.54, 1.807) is 23.8 Å². The highest BCUT2D eigenvalue weighted by Gasteiger charge is 2.50. The third kappa shape index (κ3) is 4.49. The van der Waals surface area contributed by atoms with Crippen LogP contribution in [-0.4, -0.2) is 66.1 Å². The summed E-state index contributed by atoms with van der Waals surface area (Å²) in [7, 11) is -2.28. The van der Waals surface area contributed by atoms with Crippen LogP contribution in [0.4, 0.5) is 14.6 Å². The van der Waals surface area contributed by atoms with E-state index in [0.29, 0.717) is 48.5 Å². The Morgan fingerprint density at radius 1 is 1.16 bits per heavy atom. The zero-order valence-electron chi connectivity index (χ0n) is 21.7. The van der Waals surface area contributed by atoms with Gasteiger partial charge in [0.25, 0.3) is 6.43 Å². The predicted octanol–water partition coefficient (Wildman–Crippen LogP) is 3.44. The van der Waals surface area contributed by atoms with Crippen molar-refractivity contribution in [3.05, 3.63) is 22.8 Å². The van der Waals surface area contributed by atoms with Gasteiger partial charge >= 0.3 is 0 Å². The number of aromatic nitrogens is 4. The van der Waals surface area contributed by atoms with Gasteiger partial charge in [0.15, 0.2) is 10.0 Å². The van der Waals surface area contributed by atoms with Gasteiger partial charge in [-0.2, -0.15) is 5.10 Å². The number of ether oxygens (including phenoxy) is 1. The first kappa shape index (κ1) is 26.0. The molecule has 0 unspecified atom stereocenters. The molecule has 0 bridgehead atoms. The molecular weight excluding hydrogens is 536 g/mol. The van der Waals surface area contributed by atoms with Gasteiger partial charge < -0.3 is 15.0 Å². The predicted molar refractivity (Wildman–Crippen MR) is 139 cm³/mol. The smallest absolute Gasteiger partial charge is 0.291 e. The molecule has 2 aliphatic carbocycles. The monoisotopic (exact) mass is 567 g/mol. The van der Waals surface area contributed by atoms with Gasteiger partial charge in [-0.05, 0) is 52.5 Å². The number of halogens is 2. The quantitative estimate of drug-likeness (QED) is 0.426. The SMILES string of the molecule is COC1(c2nn3c(N4C[C@H](C)N[C@@H](C)C4)cc(S(=O)(=O)NC4(C)CC4)cc3c2-c2nnc(C(F)F)s2)CC1. The molecule has 14 heteroatoms. The van der Waals surface area contributed by atoms with Crippen LogP contribution in [0.15, 0.2) is 17.0 Å². The van der Waals surface area contributed by atoms with Crippen LogP contribution in [0, 0.1) is 0 Å². The average Bonchev–Trinajstić information content (AvgIpc) is 3.68. The molecule has 6 rings (SSSR count). The third-order valence-electron chi connectivity index (χ3n) is 7.63. The average molecular weight is 568 g/mol. The second-order valence-electron chi connectivity index (χ2n) is 11.1. The van der Waals surface area contributed by atoms with E-state index in [1.807, 2.05) is 6.92 Å². The summed E-state index contributed by atoms with van der Waals surface area (Å²) in [5.41, 5.74) is 0.375. The summed E-state index contributed by atoms with van der Waals surface area (Å²) < 4.78 is 64.5. The Morgan fingerprint density at radius 3 is 2.39 bits per heavy atom. The minimum Gasteiger partial charge on any atom is -0.372 e. The number of alkyl halides is 2. The van der Waals surface area contributed by atoms with E-state index in [4.69, 9.17) is 9.84 Å². The van der Waals surface area contributed by atoms with E-state index in [1.165, 1.54) is 0 Å². The fourth-order valence-corrected chi connectivity index (χ4v) is 7.53. The van der Waals surface area contributed by atoms with Gasteiger partial charge in [-0.1, -0.05) is 11.3 Å². The minimum absolute atomic E-state index is 0.0977. The first-order valence-electron chi connectivity index (χ1n) is 12.7. The number of hydrogen-bond donors (Lipinski definition) is 2. The zero-order chi connectivity index (χ0) is 27.0. The number of nitrogens with one attached hydrogen (secondary N) is 2. The van der Waals surface area contributed by atoms with E-state index in [0.717, 1.165) is 24.2 Å². The molecule has 1 aliphatic heterocycles. The van der Waals surface area contributed by atoms with Gasteiger partial charge in [0, 0.05) is 43.9 Å². The Kier molecular flexibility index (Phi) is 6.07.